The summed E-state index contributed by atoms with van der Waals surface area (Å²) in [6.07, 6.45) is 0.141. The zero-order valence-corrected chi connectivity index (χ0v) is 15.2. The Labute approximate surface area is 154 Å². The highest BCUT2D eigenvalue weighted by molar-refractivity contribution is 5.58. The average Bonchev–Trinajstić information content (AvgIpc) is 3.10. The van der Waals surface area contributed by atoms with Crippen LogP contribution in [0.4, 0.5) is 5.82 Å². The third-order valence-corrected chi connectivity index (χ3v) is 5.49. The van der Waals surface area contributed by atoms with Gasteiger partial charge in [-0.2, -0.15) is 10.4 Å². The van der Waals surface area contributed by atoms with Gasteiger partial charge in [0, 0.05) is 26.2 Å². The SMILES string of the molecule is Cc1nnc(N2C[C@H]3OCCN(Cc4ccccc4)[C@H]3C2)c(C#N)c1C. The van der Waals surface area contributed by atoms with E-state index in [0.717, 1.165) is 44.0 Å². The number of hydrogen-bond acceptors (Lipinski definition) is 6. The molecule has 2 aliphatic rings. The van der Waals surface area contributed by atoms with Crippen LogP contribution in [0.5, 0.6) is 0 Å². The summed E-state index contributed by atoms with van der Waals surface area (Å²) in [6.45, 7) is 7.97. The lowest BCUT2D eigenvalue weighted by Crippen LogP contribution is -2.50. The van der Waals surface area contributed by atoms with Gasteiger partial charge in [0.25, 0.3) is 0 Å². The summed E-state index contributed by atoms with van der Waals surface area (Å²) in [4.78, 5) is 4.65. The molecule has 3 heterocycles. The minimum absolute atomic E-state index is 0.141. The molecule has 0 N–H and O–H groups in total. The monoisotopic (exact) mass is 349 g/mol. The van der Waals surface area contributed by atoms with Crippen LogP contribution in [-0.2, 0) is 11.3 Å². The molecule has 2 fully saturated rings. The van der Waals surface area contributed by atoms with E-state index in [1.54, 1.807) is 0 Å². The summed E-state index contributed by atoms with van der Waals surface area (Å²) in [5.74, 6) is 0.688. The van der Waals surface area contributed by atoms with Crippen molar-refractivity contribution in [2.75, 3.05) is 31.1 Å². The maximum absolute atomic E-state index is 9.60. The van der Waals surface area contributed by atoms with Gasteiger partial charge in [-0.05, 0) is 25.0 Å². The first-order valence-electron chi connectivity index (χ1n) is 9.06. The second kappa shape index (κ2) is 7.02. The van der Waals surface area contributed by atoms with Crippen molar-refractivity contribution in [2.45, 2.75) is 32.5 Å². The van der Waals surface area contributed by atoms with E-state index in [2.05, 4.69) is 50.3 Å². The molecule has 0 spiro atoms. The maximum Gasteiger partial charge on any atom is 0.169 e. The molecule has 2 atom stereocenters. The number of nitrogens with zero attached hydrogens (tertiary/aromatic N) is 5. The maximum atomic E-state index is 9.60. The molecular formula is C20H23N5O. The molecule has 1 aromatic carbocycles. The summed E-state index contributed by atoms with van der Waals surface area (Å²) in [7, 11) is 0. The number of benzene rings is 1. The number of aromatic nitrogens is 2. The first kappa shape index (κ1) is 17.0. The van der Waals surface area contributed by atoms with Crippen molar-refractivity contribution < 1.29 is 4.74 Å². The van der Waals surface area contributed by atoms with Crippen LogP contribution in [0.3, 0.4) is 0 Å². The highest BCUT2D eigenvalue weighted by atomic mass is 16.5. The van der Waals surface area contributed by atoms with E-state index in [1.165, 1.54) is 5.56 Å². The fourth-order valence-electron chi connectivity index (χ4n) is 3.90. The van der Waals surface area contributed by atoms with E-state index in [1.807, 2.05) is 19.9 Å². The van der Waals surface area contributed by atoms with Crippen LogP contribution in [0.25, 0.3) is 0 Å². The van der Waals surface area contributed by atoms with E-state index in [9.17, 15) is 5.26 Å². The van der Waals surface area contributed by atoms with E-state index in [0.29, 0.717) is 17.4 Å². The van der Waals surface area contributed by atoms with Crippen molar-refractivity contribution in [3.63, 3.8) is 0 Å². The van der Waals surface area contributed by atoms with Crippen molar-refractivity contribution in [3.05, 3.63) is 52.7 Å². The molecule has 0 unspecified atom stereocenters. The van der Waals surface area contributed by atoms with E-state index < -0.39 is 0 Å². The van der Waals surface area contributed by atoms with Crippen molar-refractivity contribution >= 4 is 5.82 Å². The van der Waals surface area contributed by atoms with Crippen LogP contribution >= 0.6 is 0 Å². The van der Waals surface area contributed by atoms with Gasteiger partial charge in [0.05, 0.1) is 24.4 Å². The minimum atomic E-state index is 0.141. The van der Waals surface area contributed by atoms with Gasteiger partial charge in [0.1, 0.15) is 11.6 Å². The highest BCUT2D eigenvalue weighted by Gasteiger charge is 2.41. The molecule has 134 valence electrons. The topological polar surface area (TPSA) is 65.3 Å². The fraction of sp³-hybridized carbons (Fsp3) is 0.450. The second-order valence-corrected chi connectivity index (χ2v) is 7.06. The predicted molar refractivity (Wildman–Crippen MR) is 98.8 cm³/mol. The summed E-state index contributed by atoms with van der Waals surface area (Å²) in [6, 6.07) is 13.2. The lowest BCUT2D eigenvalue weighted by atomic mass is 10.1. The molecule has 0 radical (unpaired) electrons. The number of hydrogen-bond donors (Lipinski definition) is 0. The summed E-state index contributed by atoms with van der Waals surface area (Å²) >= 11 is 0. The summed E-state index contributed by atoms with van der Waals surface area (Å²) in [5.41, 5.74) is 3.67. The Balaban J connectivity index is 1.57. The third-order valence-electron chi connectivity index (χ3n) is 5.49. The molecule has 6 nitrogen and oxygen atoms in total. The van der Waals surface area contributed by atoms with E-state index >= 15 is 0 Å². The first-order chi connectivity index (χ1) is 12.7. The van der Waals surface area contributed by atoms with Crippen molar-refractivity contribution in [1.82, 2.24) is 15.1 Å². The molecule has 0 aliphatic carbocycles. The molecule has 2 saturated heterocycles. The van der Waals surface area contributed by atoms with Crippen LogP contribution in [0.15, 0.2) is 30.3 Å². The normalized spacial score (nSPS) is 22.9. The Morgan fingerprint density at radius 1 is 1.19 bits per heavy atom. The van der Waals surface area contributed by atoms with Gasteiger partial charge in [-0.25, -0.2) is 0 Å². The predicted octanol–water partition coefficient (Wildman–Crippen LogP) is 2.05. The van der Waals surface area contributed by atoms with E-state index in [4.69, 9.17) is 4.74 Å². The molecule has 4 rings (SSSR count). The number of anilines is 1. The number of ether oxygens (including phenoxy) is 1. The van der Waals surface area contributed by atoms with Crippen molar-refractivity contribution in [3.8, 4) is 6.07 Å². The van der Waals surface area contributed by atoms with Crippen molar-refractivity contribution in [1.29, 1.82) is 5.26 Å². The Hall–Kier alpha value is -2.49. The van der Waals surface area contributed by atoms with Crippen LogP contribution in [0, 0.1) is 25.2 Å². The second-order valence-electron chi connectivity index (χ2n) is 7.06. The molecule has 0 saturated carbocycles. The van der Waals surface area contributed by atoms with Gasteiger partial charge in [-0.1, -0.05) is 30.3 Å². The zero-order valence-electron chi connectivity index (χ0n) is 15.2. The number of morpholine rings is 1. The van der Waals surface area contributed by atoms with Crippen molar-refractivity contribution in [2.24, 2.45) is 0 Å². The molecule has 0 bridgehead atoms. The fourth-order valence-corrected chi connectivity index (χ4v) is 3.90. The highest BCUT2D eigenvalue weighted by Crippen LogP contribution is 2.30. The lowest BCUT2D eigenvalue weighted by Gasteiger charge is -2.36. The van der Waals surface area contributed by atoms with Gasteiger partial charge in [0.2, 0.25) is 0 Å². The molecule has 2 aliphatic heterocycles. The van der Waals surface area contributed by atoms with Crippen LogP contribution in [-0.4, -0.2) is 53.5 Å². The Bertz CT molecular complexity index is 832. The van der Waals surface area contributed by atoms with Gasteiger partial charge >= 0.3 is 0 Å². The summed E-state index contributed by atoms with van der Waals surface area (Å²) < 4.78 is 6.03. The quantitative estimate of drug-likeness (QED) is 0.845. The number of nitriles is 1. The molecule has 1 aromatic heterocycles. The third kappa shape index (κ3) is 3.05. The molecular weight excluding hydrogens is 326 g/mol. The number of aryl methyl sites for hydroxylation is 1. The summed E-state index contributed by atoms with van der Waals surface area (Å²) in [5, 5.41) is 18.2. The molecule has 0 amide bonds. The Morgan fingerprint density at radius 3 is 2.77 bits per heavy atom. The largest absolute Gasteiger partial charge is 0.373 e. The average molecular weight is 349 g/mol. The molecule has 6 heteroatoms. The smallest absolute Gasteiger partial charge is 0.169 e. The Kier molecular flexibility index (Phi) is 4.58. The molecule has 2 aromatic rings. The standard InChI is InChI=1S/C20H23N5O/c1-14-15(2)22-23-20(17(14)10-21)25-12-18-19(13-25)26-9-8-24(18)11-16-6-4-3-5-7-16/h3-7,18-19H,8-9,11-13H2,1-2H3/t18-,19+/m0/s1. The van der Waals surface area contributed by atoms with Crippen LogP contribution in [0.1, 0.15) is 22.4 Å². The number of fused-ring (bicyclic) bond motifs is 1. The van der Waals surface area contributed by atoms with Crippen LogP contribution < -0.4 is 4.90 Å². The van der Waals surface area contributed by atoms with Crippen LogP contribution in [0.2, 0.25) is 0 Å². The minimum Gasteiger partial charge on any atom is -0.373 e. The van der Waals surface area contributed by atoms with Gasteiger partial charge in [-0.3, -0.25) is 4.90 Å². The van der Waals surface area contributed by atoms with E-state index in [-0.39, 0.29) is 6.10 Å². The zero-order chi connectivity index (χ0) is 18.1. The lowest BCUT2D eigenvalue weighted by molar-refractivity contribution is -0.0499. The number of rotatable bonds is 3. The first-order valence-corrected chi connectivity index (χ1v) is 9.06. The van der Waals surface area contributed by atoms with Gasteiger partial charge in [0.15, 0.2) is 5.82 Å². The van der Waals surface area contributed by atoms with Gasteiger partial charge in [-0.15, -0.1) is 5.10 Å². The molecule has 26 heavy (non-hydrogen) atoms. The Morgan fingerprint density at radius 2 is 2.00 bits per heavy atom. The van der Waals surface area contributed by atoms with Gasteiger partial charge < -0.3 is 9.64 Å².